The highest BCUT2D eigenvalue weighted by atomic mass is 15.1. The van der Waals surface area contributed by atoms with E-state index < -0.39 is 0 Å². The summed E-state index contributed by atoms with van der Waals surface area (Å²) >= 11 is 0. The number of azide groups is 1. The molecule has 0 aromatic carbocycles. The van der Waals surface area contributed by atoms with Gasteiger partial charge in [0.15, 0.2) is 0 Å². The number of piperidine rings is 1. The van der Waals surface area contributed by atoms with E-state index in [9.17, 15) is 0 Å². The van der Waals surface area contributed by atoms with Gasteiger partial charge in [0.25, 0.3) is 0 Å². The molecule has 1 saturated heterocycles. The quantitative estimate of drug-likeness (QED) is 0.403. The van der Waals surface area contributed by atoms with Crippen molar-refractivity contribution in [2.24, 2.45) is 16.4 Å². The number of nitrogens with zero attached hydrogens (tertiary/aromatic N) is 3. The summed E-state index contributed by atoms with van der Waals surface area (Å²) in [5.74, 6) is 0.805. The topological polar surface area (TPSA) is 60.8 Å². The lowest BCUT2D eigenvalue weighted by atomic mass is 9.82. The standard InChI is InChI=1S/C9H16N4/c10-13-12-7-9(3-4-9)8-1-5-11-6-2-8/h8,11H,1-7H2. The molecular weight excluding hydrogens is 164 g/mol. The molecule has 1 N–H and O–H groups in total. The summed E-state index contributed by atoms with van der Waals surface area (Å²) in [6.07, 6.45) is 5.08. The Morgan fingerprint density at radius 1 is 1.38 bits per heavy atom. The summed E-state index contributed by atoms with van der Waals surface area (Å²) in [5, 5.41) is 7.11. The fourth-order valence-electron chi connectivity index (χ4n) is 2.46. The van der Waals surface area contributed by atoms with Crippen LogP contribution in [0.2, 0.25) is 0 Å². The van der Waals surface area contributed by atoms with Crippen molar-refractivity contribution in [3.05, 3.63) is 10.4 Å². The molecule has 1 saturated carbocycles. The summed E-state index contributed by atoms with van der Waals surface area (Å²) in [6, 6.07) is 0. The zero-order valence-corrected chi connectivity index (χ0v) is 7.87. The third-order valence-electron chi connectivity index (χ3n) is 3.55. The van der Waals surface area contributed by atoms with Gasteiger partial charge in [-0.15, -0.1) is 0 Å². The molecule has 1 aliphatic heterocycles. The maximum atomic E-state index is 8.30. The van der Waals surface area contributed by atoms with Crippen molar-refractivity contribution in [2.75, 3.05) is 19.6 Å². The lowest BCUT2D eigenvalue weighted by Crippen LogP contribution is -2.33. The minimum atomic E-state index is 0.411. The Morgan fingerprint density at radius 2 is 2.08 bits per heavy atom. The van der Waals surface area contributed by atoms with Crippen LogP contribution in [0.15, 0.2) is 5.11 Å². The van der Waals surface area contributed by atoms with Crippen LogP contribution in [0.4, 0.5) is 0 Å². The SMILES string of the molecule is [N-]=[N+]=NCC1(C2CCNCC2)CC1. The highest BCUT2D eigenvalue weighted by Gasteiger charge is 2.48. The largest absolute Gasteiger partial charge is 0.317 e. The van der Waals surface area contributed by atoms with E-state index in [0.29, 0.717) is 5.41 Å². The minimum absolute atomic E-state index is 0.411. The van der Waals surface area contributed by atoms with E-state index in [4.69, 9.17) is 5.53 Å². The van der Waals surface area contributed by atoms with E-state index in [1.807, 2.05) is 0 Å². The van der Waals surface area contributed by atoms with Crippen LogP contribution in [0.5, 0.6) is 0 Å². The molecule has 0 spiro atoms. The number of hydrogen-bond acceptors (Lipinski definition) is 2. The zero-order chi connectivity index (χ0) is 9.15. The molecule has 72 valence electrons. The first-order chi connectivity index (χ1) is 6.37. The molecular formula is C9H16N4. The Labute approximate surface area is 78.3 Å². The van der Waals surface area contributed by atoms with Crippen molar-refractivity contribution in [2.45, 2.75) is 25.7 Å². The molecule has 1 aliphatic carbocycles. The van der Waals surface area contributed by atoms with E-state index in [-0.39, 0.29) is 0 Å². The van der Waals surface area contributed by atoms with Crippen LogP contribution in [-0.4, -0.2) is 19.6 Å². The second kappa shape index (κ2) is 3.56. The Balaban J connectivity index is 1.93. The van der Waals surface area contributed by atoms with Crippen molar-refractivity contribution in [1.29, 1.82) is 0 Å². The second-order valence-corrected chi connectivity index (χ2v) is 4.28. The molecule has 0 aromatic heterocycles. The fourth-order valence-corrected chi connectivity index (χ4v) is 2.46. The van der Waals surface area contributed by atoms with E-state index in [1.165, 1.54) is 25.7 Å². The number of hydrogen-bond donors (Lipinski definition) is 1. The van der Waals surface area contributed by atoms with E-state index in [0.717, 1.165) is 25.6 Å². The van der Waals surface area contributed by atoms with Crippen molar-refractivity contribution in [3.63, 3.8) is 0 Å². The third-order valence-corrected chi connectivity index (χ3v) is 3.55. The van der Waals surface area contributed by atoms with E-state index in [2.05, 4.69) is 15.3 Å². The maximum Gasteiger partial charge on any atom is 0.0317 e. The molecule has 4 nitrogen and oxygen atoms in total. The van der Waals surface area contributed by atoms with Gasteiger partial charge < -0.3 is 5.32 Å². The van der Waals surface area contributed by atoms with Gasteiger partial charge >= 0.3 is 0 Å². The molecule has 4 heteroatoms. The maximum absolute atomic E-state index is 8.30. The lowest BCUT2D eigenvalue weighted by molar-refractivity contribution is 0.244. The predicted octanol–water partition coefficient (Wildman–Crippen LogP) is 2.08. The molecule has 13 heavy (non-hydrogen) atoms. The van der Waals surface area contributed by atoms with Gasteiger partial charge in [0.05, 0.1) is 0 Å². The predicted molar refractivity (Wildman–Crippen MR) is 51.3 cm³/mol. The first-order valence-corrected chi connectivity index (χ1v) is 5.09. The summed E-state index contributed by atoms with van der Waals surface area (Å²) < 4.78 is 0. The molecule has 0 atom stereocenters. The minimum Gasteiger partial charge on any atom is -0.317 e. The highest BCUT2D eigenvalue weighted by molar-refractivity contribution is 5.01. The molecule has 0 radical (unpaired) electrons. The van der Waals surface area contributed by atoms with E-state index >= 15 is 0 Å². The van der Waals surface area contributed by atoms with Gasteiger partial charge in [0.1, 0.15) is 0 Å². The van der Waals surface area contributed by atoms with Crippen molar-refractivity contribution in [3.8, 4) is 0 Å². The summed E-state index contributed by atoms with van der Waals surface area (Å²) in [5.41, 5.74) is 8.71. The number of nitrogens with one attached hydrogen (secondary N) is 1. The van der Waals surface area contributed by atoms with E-state index in [1.54, 1.807) is 0 Å². The first kappa shape index (κ1) is 8.85. The van der Waals surface area contributed by atoms with Gasteiger partial charge in [-0.1, -0.05) is 5.11 Å². The fraction of sp³-hybridized carbons (Fsp3) is 1.00. The molecule has 2 fully saturated rings. The molecule has 0 bridgehead atoms. The van der Waals surface area contributed by atoms with Crippen LogP contribution in [0, 0.1) is 11.3 Å². The van der Waals surface area contributed by atoms with Gasteiger partial charge in [-0.3, -0.25) is 0 Å². The summed E-state index contributed by atoms with van der Waals surface area (Å²) in [7, 11) is 0. The van der Waals surface area contributed by atoms with Gasteiger partial charge in [-0.05, 0) is 55.6 Å². The lowest BCUT2D eigenvalue weighted by Gasteiger charge is -2.29. The third kappa shape index (κ3) is 1.79. The zero-order valence-electron chi connectivity index (χ0n) is 7.87. The normalized spacial score (nSPS) is 26.5. The smallest absolute Gasteiger partial charge is 0.0317 e. The van der Waals surface area contributed by atoms with Crippen LogP contribution in [-0.2, 0) is 0 Å². The molecule has 0 aromatic rings. The highest BCUT2D eigenvalue weighted by Crippen LogP contribution is 2.54. The molecule has 2 rings (SSSR count). The van der Waals surface area contributed by atoms with Crippen LogP contribution < -0.4 is 5.32 Å². The van der Waals surface area contributed by atoms with Crippen LogP contribution in [0.25, 0.3) is 10.4 Å². The molecule has 1 heterocycles. The van der Waals surface area contributed by atoms with Crippen LogP contribution >= 0.6 is 0 Å². The van der Waals surface area contributed by atoms with Crippen LogP contribution in [0.1, 0.15) is 25.7 Å². The van der Waals surface area contributed by atoms with Crippen molar-refractivity contribution >= 4 is 0 Å². The monoisotopic (exact) mass is 180 g/mol. The van der Waals surface area contributed by atoms with Gasteiger partial charge in [0.2, 0.25) is 0 Å². The Hall–Kier alpha value is -0.730. The summed E-state index contributed by atoms with van der Waals surface area (Å²) in [6.45, 7) is 3.01. The second-order valence-electron chi connectivity index (χ2n) is 4.28. The molecule has 0 amide bonds. The Bertz CT molecular complexity index is 222. The average molecular weight is 180 g/mol. The van der Waals surface area contributed by atoms with Gasteiger partial charge in [-0.25, -0.2) is 0 Å². The van der Waals surface area contributed by atoms with Gasteiger partial charge in [-0.2, -0.15) is 0 Å². The van der Waals surface area contributed by atoms with Crippen molar-refractivity contribution in [1.82, 2.24) is 5.32 Å². The Morgan fingerprint density at radius 3 is 2.62 bits per heavy atom. The molecule has 2 aliphatic rings. The van der Waals surface area contributed by atoms with Crippen molar-refractivity contribution < 1.29 is 0 Å². The Kier molecular flexibility index (Phi) is 2.42. The first-order valence-electron chi connectivity index (χ1n) is 5.09. The van der Waals surface area contributed by atoms with Crippen LogP contribution in [0.3, 0.4) is 0 Å². The average Bonchev–Trinajstić information content (AvgIpc) is 2.97. The number of rotatable bonds is 3. The summed E-state index contributed by atoms with van der Waals surface area (Å²) in [4.78, 5) is 2.87. The molecule has 0 unspecified atom stereocenters. The van der Waals surface area contributed by atoms with Gasteiger partial charge in [0, 0.05) is 11.5 Å².